The molecule has 0 aliphatic carbocycles. The number of fused-ring (bicyclic) bond motifs is 1. The van der Waals surface area contributed by atoms with Crippen LogP contribution in [0.15, 0.2) is 73.1 Å². The van der Waals surface area contributed by atoms with Crippen LogP contribution >= 0.6 is 0 Å². The van der Waals surface area contributed by atoms with Gasteiger partial charge in [0, 0.05) is 17.6 Å². The molecule has 0 bridgehead atoms. The molecule has 0 radical (unpaired) electrons. The van der Waals surface area contributed by atoms with E-state index in [1.54, 1.807) is 0 Å². The maximum absolute atomic E-state index is 4.67. The van der Waals surface area contributed by atoms with Crippen LogP contribution in [0.2, 0.25) is 0 Å². The number of H-pyrrole nitrogens is 2. The van der Waals surface area contributed by atoms with Crippen LogP contribution < -0.4 is 10.6 Å². The van der Waals surface area contributed by atoms with Gasteiger partial charge in [-0.15, -0.1) is 0 Å². The molecule has 0 saturated carbocycles. The van der Waals surface area contributed by atoms with Crippen molar-refractivity contribution >= 4 is 10.8 Å². The van der Waals surface area contributed by atoms with Gasteiger partial charge in [0.2, 0.25) is 0 Å². The van der Waals surface area contributed by atoms with Crippen LogP contribution in [0.3, 0.4) is 0 Å². The summed E-state index contributed by atoms with van der Waals surface area (Å²) in [5.41, 5.74) is 6.90. The lowest BCUT2D eigenvalue weighted by Gasteiger charge is -2.09. The van der Waals surface area contributed by atoms with Crippen molar-refractivity contribution in [2.24, 2.45) is 0 Å². The molecule has 5 aromatic rings. The topological polar surface area (TPSA) is 81.4 Å². The van der Waals surface area contributed by atoms with E-state index < -0.39 is 0 Å². The molecular formula is C32H34N6. The lowest BCUT2D eigenvalue weighted by atomic mass is 9.98. The molecule has 2 fully saturated rings. The smallest absolute Gasteiger partial charge is 0.123 e. The molecular weight excluding hydrogens is 468 g/mol. The molecule has 0 spiro atoms. The number of imidazole rings is 2. The Hall–Kier alpha value is -3.74. The monoisotopic (exact) mass is 502 g/mol. The molecule has 6 nitrogen and oxygen atoms in total. The molecule has 2 aliphatic heterocycles. The van der Waals surface area contributed by atoms with E-state index in [1.807, 2.05) is 12.4 Å². The van der Waals surface area contributed by atoms with Gasteiger partial charge in [-0.2, -0.15) is 0 Å². The van der Waals surface area contributed by atoms with E-state index in [4.69, 9.17) is 0 Å². The average Bonchev–Trinajstić information content (AvgIpc) is 3.75. The summed E-state index contributed by atoms with van der Waals surface area (Å²) in [4.78, 5) is 16.4. The summed E-state index contributed by atoms with van der Waals surface area (Å²) >= 11 is 0. The Bertz CT molecular complexity index is 1580. The molecule has 3 aromatic carbocycles. The third-order valence-electron chi connectivity index (χ3n) is 8.28. The van der Waals surface area contributed by atoms with Gasteiger partial charge in [-0.05, 0) is 79.1 Å². The van der Waals surface area contributed by atoms with E-state index in [1.165, 1.54) is 40.3 Å². The minimum absolute atomic E-state index is 0.330. The number of aromatic nitrogens is 4. The highest BCUT2D eigenvalue weighted by molar-refractivity contribution is 5.90. The largest absolute Gasteiger partial charge is 0.341 e. The zero-order valence-corrected chi connectivity index (χ0v) is 22.0. The number of hydrogen-bond donors (Lipinski definition) is 4. The zero-order chi connectivity index (χ0) is 25.6. The summed E-state index contributed by atoms with van der Waals surface area (Å²) in [6, 6.07) is 23.9. The van der Waals surface area contributed by atoms with Crippen LogP contribution in [0.1, 0.15) is 63.3 Å². The average molecular weight is 503 g/mol. The summed E-state index contributed by atoms with van der Waals surface area (Å²) < 4.78 is 0. The highest BCUT2D eigenvalue weighted by Crippen LogP contribution is 2.32. The Labute approximate surface area is 223 Å². The van der Waals surface area contributed by atoms with Crippen molar-refractivity contribution in [3.8, 4) is 33.6 Å². The van der Waals surface area contributed by atoms with Crippen LogP contribution in [0.25, 0.3) is 44.4 Å². The van der Waals surface area contributed by atoms with Gasteiger partial charge in [0.25, 0.3) is 0 Å². The summed E-state index contributed by atoms with van der Waals surface area (Å²) in [6.45, 7) is 4.47. The highest BCUT2D eigenvalue weighted by Gasteiger charge is 2.25. The predicted molar refractivity (Wildman–Crippen MR) is 154 cm³/mol. The number of nitrogens with one attached hydrogen (secondary N) is 4. The molecule has 1 unspecified atom stereocenters. The Kier molecular flexibility index (Phi) is 5.87. The van der Waals surface area contributed by atoms with Gasteiger partial charge < -0.3 is 20.6 Å². The molecule has 2 aromatic heterocycles. The van der Waals surface area contributed by atoms with Crippen LogP contribution in [-0.4, -0.2) is 32.0 Å². The number of hydrogen-bond acceptors (Lipinski definition) is 4. The lowest BCUT2D eigenvalue weighted by Crippen LogP contribution is -2.21. The number of rotatable bonds is 5. The SMILES string of the molecule is C[C@H]1CCC(c2ncc(-c3ccc(-c4ccc5cc(-c6cnc([C@@H]7CC[C@H](C)N7)[nH]6)ccc5c4)cc3)[nH]2)N1. The minimum Gasteiger partial charge on any atom is -0.341 e. The van der Waals surface area contributed by atoms with Crippen LogP contribution in [-0.2, 0) is 0 Å². The lowest BCUT2D eigenvalue weighted by molar-refractivity contribution is 0.564. The Morgan fingerprint density at radius 1 is 0.553 bits per heavy atom. The van der Waals surface area contributed by atoms with Crippen molar-refractivity contribution in [3.05, 3.63) is 84.7 Å². The van der Waals surface area contributed by atoms with E-state index >= 15 is 0 Å². The fourth-order valence-corrected chi connectivity index (χ4v) is 6.04. The first-order chi connectivity index (χ1) is 18.6. The van der Waals surface area contributed by atoms with Crippen LogP contribution in [0, 0.1) is 0 Å². The number of aromatic amines is 2. The Balaban J connectivity index is 1.09. The van der Waals surface area contributed by atoms with Gasteiger partial charge in [-0.1, -0.05) is 48.5 Å². The molecule has 6 heteroatoms. The third kappa shape index (κ3) is 4.44. The predicted octanol–water partition coefficient (Wildman–Crippen LogP) is 6.91. The summed E-state index contributed by atoms with van der Waals surface area (Å²) in [5, 5.41) is 9.68. The fourth-order valence-electron chi connectivity index (χ4n) is 6.04. The van der Waals surface area contributed by atoms with Crippen molar-refractivity contribution in [1.82, 2.24) is 30.6 Å². The molecule has 4 atom stereocenters. The van der Waals surface area contributed by atoms with Gasteiger partial charge in [0.05, 0.1) is 35.9 Å². The third-order valence-corrected chi connectivity index (χ3v) is 8.28. The number of benzene rings is 3. The fraction of sp³-hybridized carbons (Fsp3) is 0.312. The first-order valence-corrected chi connectivity index (χ1v) is 13.9. The van der Waals surface area contributed by atoms with Gasteiger partial charge in [-0.3, -0.25) is 0 Å². The second-order valence-electron chi connectivity index (χ2n) is 11.1. The summed E-state index contributed by atoms with van der Waals surface area (Å²) in [5.74, 6) is 2.08. The first kappa shape index (κ1) is 23.4. The number of nitrogens with zero attached hydrogens (tertiary/aromatic N) is 2. The van der Waals surface area contributed by atoms with Crippen molar-refractivity contribution in [2.75, 3.05) is 0 Å². The van der Waals surface area contributed by atoms with Crippen molar-refractivity contribution in [1.29, 1.82) is 0 Å². The first-order valence-electron chi connectivity index (χ1n) is 13.9. The van der Waals surface area contributed by atoms with E-state index in [0.717, 1.165) is 41.4 Å². The second kappa shape index (κ2) is 9.53. The molecule has 192 valence electrons. The van der Waals surface area contributed by atoms with Crippen molar-refractivity contribution in [3.63, 3.8) is 0 Å². The van der Waals surface area contributed by atoms with Gasteiger partial charge >= 0.3 is 0 Å². The molecule has 2 saturated heterocycles. The molecule has 38 heavy (non-hydrogen) atoms. The van der Waals surface area contributed by atoms with Crippen molar-refractivity contribution < 1.29 is 0 Å². The zero-order valence-electron chi connectivity index (χ0n) is 22.0. The maximum atomic E-state index is 4.67. The van der Waals surface area contributed by atoms with Gasteiger partial charge in [0.1, 0.15) is 11.6 Å². The van der Waals surface area contributed by atoms with Gasteiger partial charge in [-0.25, -0.2) is 9.97 Å². The van der Waals surface area contributed by atoms with E-state index in [2.05, 4.69) is 105 Å². The minimum atomic E-state index is 0.330. The maximum Gasteiger partial charge on any atom is 0.123 e. The molecule has 7 rings (SSSR count). The molecule has 4 heterocycles. The van der Waals surface area contributed by atoms with Crippen molar-refractivity contribution in [2.45, 2.75) is 63.7 Å². The standard InChI is InChI=1S/C32H34N6/c1-19-3-13-27(35-19)31-33-17-29(37-31)22-7-5-21(6-8-22)23-9-10-25-16-26(12-11-24(25)15-23)30-18-34-32(38-30)28-14-4-20(2)36-28/h5-12,15-20,27-28,35-36H,3-4,13-14H2,1-2H3,(H,33,37)(H,34,38)/t19-,20-,27?,28-/m0/s1. The molecule has 2 aliphatic rings. The van der Waals surface area contributed by atoms with E-state index in [-0.39, 0.29) is 0 Å². The van der Waals surface area contributed by atoms with E-state index in [9.17, 15) is 0 Å². The van der Waals surface area contributed by atoms with Gasteiger partial charge in [0.15, 0.2) is 0 Å². The highest BCUT2D eigenvalue weighted by atomic mass is 15.1. The second-order valence-corrected chi connectivity index (χ2v) is 11.1. The van der Waals surface area contributed by atoms with E-state index in [0.29, 0.717) is 24.2 Å². The van der Waals surface area contributed by atoms with Crippen LogP contribution in [0.4, 0.5) is 0 Å². The summed E-state index contributed by atoms with van der Waals surface area (Å²) in [7, 11) is 0. The Morgan fingerprint density at radius 2 is 1.03 bits per heavy atom. The normalized spacial score (nSPS) is 23.4. The Morgan fingerprint density at radius 3 is 1.58 bits per heavy atom. The molecule has 0 amide bonds. The van der Waals surface area contributed by atoms with Crippen LogP contribution in [0.5, 0.6) is 0 Å². The quantitative estimate of drug-likeness (QED) is 0.210. The molecule has 4 N–H and O–H groups in total. The summed E-state index contributed by atoms with van der Waals surface area (Å²) in [6.07, 6.45) is 8.58.